The third-order valence-electron chi connectivity index (χ3n) is 6.55. The van der Waals surface area contributed by atoms with Crippen molar-refractivity contribution < 1.29 is 14.3 Å². The largest absolute Gasteiger partial charge is 0.491 e. The van der Waals surface area contributed by atoms with Crippen LogP contribution in [-0.4, -0.2) is 47.9 Å². The minimum Gasteiger partial charge on any atom is -0.491 e. The normalized spacial score (nSPS) is 15.0. The second-order valence-electron chi connectivity index (χ2n) is 9.32. The summed E-state index contributed by atoms with van der Waals surface area (Å²) in [7, 11) is 0. The summed E-state index contributed by atoms with van der Waals surface area (Å²) in [6.45, 7) is 9.76. The molecule has 0 bridgehead atoms. The van der Waals surface area contributed by atoms with Crippen molar-refractivity contribution in [1.82, 2.24) is 9.80 Å². The number of carbonyl (C=O) groups is 2. The van der Waals surface area contributed by atoms with Crippen molar-refractivity contribution in [2.45, 2.75) is 46.6 Å². The van der Waals surface area contributed by atoms with Crippen LogP contribution in [0.3, 0.4) is 0 Å². The molecular weight excluding hydrogens is 456 g/mol. The molecule has 35 heavy (non-hydrogen) atoms. The van der Waals surface area contributed by atoms with Crippen molar-refractivity contribution in [1.29, 1.82) is 0 Å². The summed E-state index contributed by atoms with van der Waals surface area (Å²) < 4.78 is 6.25. The fourth-order valence-corrected chi connectivity index (χ4v) is 5.59. The maximum atomic E-state index is 13.6. The Bertz CT molecular complexity index is 1180. The van der Waals surface area contributed by atoms with Crippen LogP contribution in [-0.2, 0) is 11.2 Å². The van der Waals surface area contributed by atoms with E-state index < -0.39 is 0 Å². The number of ether oxygens (including phenoxy) is 1. The van der Waals surface area contributed by atoms with Gasteiger partial charge < -0.3 is 14.5 Å². The molecule has 1 atom stereocenters. The van der Waals surface area contributed by atoms with E-state index in [2.05, 4.69) is 24.4 Å². The topological polar surface area (TPSA) is 49.9 Å². The first kappa shape index (κ1) is 25.0. The van der Waals surface area contributed by atoms with Crippen LogP contribution in [0.2, 0.25) is 0 Å². The van der Waals surface area contributed by atoms with E-state index in [4.69, 9.17) is 4.74 Å². The van der Waals surface area contributed by atoms with Gasteiger partial charge in [-0.15, -0.1) is 11.3 Å². The summed E-state index contributed by atoms with van der Waals surface area (Å²) in [4.78, 5) is 31.7. The zero-order chi connectivity index (χ0) is 24.9. The Kier molecular flexibility index (Phi) is 7.91. The molecule has 2 heterocycles. The number of thiophene rings is 1. The van der Waals surface area contributed by atoms with E-state index in [0.29, 0.717) is 25.3 Å². The zero-order valence-corrected chi connectivity index (χ0v) is 21.9. The average Bonchev–Trinajstić information content (AvgIpc) is 3.32. The van der Waals surface area contributed by atoms with E-state index in [1.165, 1.54) is 10.4 Å². The molecular formula is C29H34N2O3S. The van der Waals surface area contributed by atoms with Crippen LogP contribution >= 0.6 is 11.3 Å². The fourth-order valence-electron chi connectivity index (χ4n) is 4.66. The molecule has 5 nitrogen and oxygen atoms in total. The second-order valence-corrected chi connectivity index (χ2v) is 10.3. The smallest absolute Gasteiger partial charge is 0.254 e. The molecule has 1 aromatic heterocycles. The fraction of sp³-hybridized carbons (Fsp3) is 0.379. The number of nitrogens with zero attached hydrogens (tertiary/aromatic N) is 2. The summed E-state index contributed by atoms with van der Waals surface area (Å²) in [6.07, 6.45) is 1.62. The van der Waals surface area contributed by atoms with E-state index in [9.17, 15) is 9.59 Å². The first-order valence-electron chi connectivity index (χ1n) is 12.3. The Morgan fingerprint density at radius 1 is 1.06 bits per heavy atom. The molecule has 0 fully saturated rings. The van der Waals surface area contributed by atoms with Gasteiger partial charge in [-0.05, 0) is 74.4 Å². The molecule has 0 aliphatic carbocycles. The van der Waals surface area contributed by atoms with E-state index in [0.717, 1.165) is 35.3 Å². The van der Waals surface area contributed by atoms with Gasteiger partial charge in [-0.2, -0.15) is 0 Å². The molecule has 0 N–H and O–H groups in total. The summed E-state index contributed by atoms with van der Waals surface area (Å²) in [5.41, 5.74) is 5.16. The second kappa shape index (κ2) is 11.1. The minimum atomic E-state index is -0.170. The summed E-state index contributed by atoms with van der Waals surface area (Å²) >= 11 is 1.74. The van der Waals surface area contributed by atoms with Crippen molar-refractivity contribution in [2.75, 3.05) is 26.2 Å². The number of carbonyl (C=O) groups excluding carboxylic acids is 2. The highest BCUT2D eigenvalue weighted by atomic mass is 32.1. The van der Waals surface area contributed by atoms with Gasteiger partial charge in [-0.25, -0.2) is 0 Å². The first-order chi connectivity index (χ1) is 16.9. The molecule has 0 spiro atoms. The van der Waals surface area contributed by atoms with Crippen LogP contribution in [0.5, 0.6) is 5.75 Å². The Labute approximate surface area is 212 Å². The van der Waals surface area contributed by atoms with E-state index in [1.54, 1.807) is 16.2 Å². The lowest BCUT2D eigenvalue weighted by Gasteiger charge is -2.37. The Hall–Kier alpha value is -3.12. The van der Waals surface area contributed by atoms with E-state index in [1.807, 2.05) is 62.1 Å². The number of rotatable bonds is 8. The number of amides is 2. The highest BCUT2D eigenvalue weighted by Gasteiger charge is 2.33. The quantitative estimate of drug-likeness (QED) is 0.405. The van der Waals surface area contributed by atoms with Crippen molar-refractivity contribution in [3.05, 3.63) is 86.6 Å². The van der Waals surface area contributed by atoms with Gasteiger partial charge in [-0.1, -0.05) is 42.3 Å². The van der Waals surface area contributed by atoms with Crippen molar-refractivity contribution in [2.24, 2.45) is 0 Å². The minimum absolute atomic E-state index is 0.0370. The predicted octanol–water partition coefficient (Wildman–Crippen LogP) is 5.73. The predicted molar refractivity (Wildman–Crippen MR) is 141 cm³/mol. The molecule has 6 heteroatoms. The Morgan fingerprint density at radius 3 is 2.51 bits per heavy atom. The molecule has 3 aromatic rings. The number of hydrogen-bond acceptors (Lipinski definition) is 4. The van der Waals surface area contributed by atoms with Crippen LogP contribution in [0.15, 0.2) is 53.9 Å². The monoisotopic (exact) mass is 490 g/mol. The van der Waals surface area contributed by atoms with Gasteiger partial charge in [0.15, 0.2) is 0 Å². The van der Waals surface area contributed by atoms with Gasteiger partial charge in [0.25, 0.3) is 5.91 Å². The third-order valence-corrected chi connectivity index (χ3v) is 7.54. The molecule has 184 valence electrons. The summed E-state index contributed by atoms with van der Waals surface area (Å²) in [6, 6.07) is 15.6. The first-order valence-corrected chi connectivity index (χ1v) is 13.2. The standard InChI is InChI=1S/C29H34N2O3S/c1-5-14-30(29(33)23-9-6-20(2)7-10-23)18-28(32)31-15-12-27-24(13-16-35-27)25(31)19-34-26-11-8-21(3)17-22(26)4/h6-11,13,16-17,25H,5,12,14-15,18-19H2,1-4H3. The maximum absolute atomic E-state index is 13.6. The van der Waals surface area contributed by atoms with E-state index in [-0.39, 0.29) is 24.4 Å². The molecule has 1 aliphatic rings. The van der Waals surface area contributed by atoms with Crippen LogP contribution in [0.1, 0.15) is 56.9 Å². The van der Waals surface area contributed by atoms with Gasteiger partial charge in [-0.3, -0.25) is 9.59 Å². The maximum Gasteiger partial charge on any atom is 0.254 e. The molecule has 2 amide bonds. The number of fused-ring (bicyclic) bond motifs is 1. The molecule has 2 aromatic carbocycles. The SMILES string of the molecule is CCCN(CC(=O)N1CCc2sccc2C1COc1ccc(C)cc1C)C(=O)c1ccc(C)cc1. The zero-order valence-electron chi connectivity index (χ0n) is 21.0. The number of hydrogen-bond donors (Lipinski definition) is 0. The molecule has 1 aliphatic heterocycles. The Balaban J connectivity index is 1.52. The van der Waals surface area contributed by atoms with Crippen LogP contribution in [0.25, 0.3) is 0 Å². The van der Waals surface area contributed by atoms with Crippen LogP contribution < -0.4 is 4.74 Å². The Morgan fingerprint density at radius 2 is 1.80 bits per heavy atom. The van der Waals surface area contributed by atoms with Gasteiger partial charge in [0.2, 0.25) is 5.91 Å². The van der Waals surface area contributed by atoms with Gasteiger partial charge in [0, 0.05) is 23.5 Å². The summed E-state index contributed by atoms with van der Waals surface area (Å²) in [5, 5.41) is 2.09. The lowest BCUT2D eigenvalue weighted by atomic mass is 10.00. The molecule has 1 unspecified atom stereocenters. The van der Waals surface area contributed by atoms with Crippen LogP contribution in [0, 0.1) is 20.8 Å². The molecule has 0 radical (unpaired) electrons. The van der Waals surface area contributed by atoms with Gasteiger partial charge >= 0.3 is 0 Å². The number of aryl methyl sites for hydroxylation is 3. The molecule has 0 saturated carbocycles. The number of benzene rings is 2. The van der Waals surface area contributed by atoms with Gasteiger partial charge in [0.1, 0.15) is 18.9 Å². The lowest BCUT2D eigenvalue weighted by Crippen LogP contribution is -2.48. The highest BCUT2D eigenvalue weighted by Crippen LogP contribution is 2.34. The van der Waals surface area contributed by atoms with Crippen molar-refractivity contribution in [3.8, 4) is 5.75 Å². The van der Waals surface area contributed by atoms with Crippen molar-refractivity contribution in [3.63, 3.8) is 0 Å². The lowest BCUT2D eigenvalue weighted by molar-refractivity contribution is -0.135. The summed E-state index contributed by atoms with van der Waals surface area (Å²) in [5.74, 6) is 0.703. The van der Waals surface area contributed by atoms with E-state index >= 15 is 0 Å². The molecule has 4 rings (SSSR count). The average molecular weight is 491 g/mol. The van der Waals surface area contributed by atoms with Gasteiger partial charge in [0.05, 0.1) is 6.04 Å². The van der Waals surface area contributed by atoms with Crippen molar-refractivity contribution >= 4 is 23.2 Å². The molecule has 0 saturated heterocycles. The highest BCUT2D eigenvalue weighted by molar-refractivity contribution is 7.10. The third kappa shape index (κ3) is 5.76. The van der Waals surface area contributed by atoms with Crippen LogP contribution in [0.4, 0.5) is 0 Å².